The molecule has 0 bridgehead atoms. The lowest BCUT2D eigenvalue weighted by Crippen LogP contribution is -2.15. The predicted molar refractivity (Wildman–Crippen MR) is 62.0 cm³/mol. The summed E-state index contributed by atoms with van der Waals surface area (Å²) in [6, 6.07) is 10.8. The third-order valence-corrected chi connectivity index (χ3v) is 2.16. The molecule has 0 aliphatic heterocycles. The maximum atomic E-state index is 11.8. The largest absolute Gasteiger partial charge is 0.382 e. The summed E-state index contributed by atoms with van der Waals surface area (Å²) >= 11 is 0. The van der Waals surface area contributed by atoms with Gasteiger partial charge in [-0.05, 0) is 12.1 Å². The molecule has 0 fully saturated rings. The summed E-state index contributed by atoms with van der Waals surface area (Å²) in [5.74, 6) is 0.110. The van der Waals surface area contributed by atoms with Gasteiger partial charge in [0.25, 0.3) is 5.91 Å². The highest BCUT2D eigenvalue weighted by atomic mass is 16.2. The zero-order chi connectivity index (χ0) is 11.5. The van der Waals surface area contributed by atoms with Crippen LogP contribution in [0.25, 0.3) is 0 Å². The molecular formula is C11H12N4O. The van der Waals surface area contributed by atoms with Gasteiger partial charge >= 0.3 is 0 Å². The zero-order valence-corrected chi connectivity index (χ0v) is 8.84. The average Bonchev–Trinajstić information content (AvgIpc) is 2.59. The van der Waals surface area contributed by atoms with Crippen LogP contribution >= 0.6 is 0 Å². The maximum Gasteiger partial charge on any atom is 0.274 e. The van der Waals surface area contributed by atoms with Crippen molar-refractivity contribution in [1.29, 1.82) is 0 Å². The third-order valence-electron chi connectivity index (χ3n) is 2.16. The van der Waals surface area contributed by atoms with Crippen molar-refractivity contribution in [3.8, 4) is 0 Å². The Hall–Kier alpha value is -2.30. The SMILES string of the molecule is Cn1nc(N)cc1C(=O)Nc1ccccc1. The number of aromatic nitrogens is 2. The van der Waals surface area contributed by atoms with Gasteiger partial charge in [-0.25, -0.2) is 0 Å². The highest BCUT2D eigenvalue weighted by molar-refractivity contribution is 6.03. The standard InChI is InChI=1S/C11H12N4O/c1-15-9(7-10(12)14-15)11(16)13-8-5-3-2-4-6-8/h2-7H,1H3,(H2,12,14)(H,13,16). The fourth-order valence-electron chi connectivity index (χ4n) is 1.42. The van der Waals surface area contributed by atoms with E-state index in [1.165, 1.54) is 10.7 Å². The van der Waals surface area contributed by atoms with Crippen LogP contribution in [0.2, 0.25) is 0 Å². The first kappa shape index (κ1) is 10.2. The molecule has 2 rings (SSSR count). The molecular weight excluding hydrogens is 204 g/mol. The molecule has 1 aromatic carbocycles. The molecule has 1 heterocycles. The maximum absolute atomic E-state index is 11.8. The number of para-hydroxylation sites is 1. The number of nitrogens with zero attached hydrogens (tertiary/aromatic N) is 2. The first-order valence-electron chi connectivity index (χ1n) is 4.83. The molecule has 1 aromatic heterocycles. The number of anilines is 2. The van der Waals surface area contributed by atoms with Crippen LogP contribution in [0.3, 0.4) is 0 Å². The Morgan fingerprint density at radius 2 is 2.06 bits per heavy atom. The van der Waals surface area contributed by atoms with E-state index in [1.54, 1.807) is 7.05 Å². The quantitative estimate of drug-likeness (QED) is 0.793. The Morgan fingerprint density at radius 1 is 1.38 bits per heavy atom. The first-order valence-corrected chi connectivity index (χ1v) is 4.83. The highest BCUT2D eigenvalue weighted by Gasteiger charge is 2.11. The van der Waals surface area contributed by atoms with Crippen LogP contribution in [0.4, 0.5) is 11.5 Å². The van der Waals surface area contributed by atoms with Crippen molar-refractivity contribution in [3.63, 3.8) is 0 Å². The van der Waals surface area contributed by atoms with Gasteiger partial charge in [-0.15, -0.1) is 0 Å². The van der Waals surface area contributed by atoms with E-state index in [4.69, 9.17) is 5.73 Å². The number of hydrogen-bond donors (Lipinski definition) is 2. The monoisotopic (exact) mass is 216 g/mol. The zero-order valence-electron chi connectivity index (χ0n) is 8.84. The summed E-state index contributed by atoms with van der Waals surface area (Å²) in [5, 5.41) is 6.66. The summed E-state index contributed by atoms with van der Waals surface area (Å²) in [4.78, 5) is 11.8. The number of carbonyl (C=O) groups excluding carboxylic acids is 1. The molecule has 0 atom stereocenters. The van der Waals surface area contributed by atoms with E-state index < -0.39 is 0 Å². The van der Waals surface area contributed by atoms with Crippen LogP contribution in [-0.2, 0) is 7.05 Å². The topological polar surface area (TPSA) is 72.9 Å². The van der Waals surface area contributed by atoms with Gasteiger partial charge in [0.05, 0.1) is 0 Å². The number of aryl methyl sites for hydroxylation is 1. The van der Waals surface area contributed by atoms with Gasteiger partial charge in [-0.2, -0.15) is 5.10 Å². The minimum absolute atomic E-state index is 0.224. The molecule has 5 nitrogen and oxygen atoms in total. The molecule has 16 heavy (non-hydrogen) atoms. The van der Waals surface area contributed by atoms with E-state index in [2.05, 4.69) is 10.4 Å². The predicted octanol–water partition coefficient (Wildman–Crippen LogP) is 1.25. The minimum atomic E-state index is -0.224. The molecule has 0 saturated heterocycles. The molecule has 0 spiro atoms. The van der Waals surface area contributed by atoms with Crippen LogP contribution < -0.4 is 11.1 Å². The Labute approximate surface area is 92.9 Å². The summed E-state index contributed by atoms with van der Waals surface area (Å²) in [6.07, 6.45) is 0. The summed E-state index contributed by atoms with van der Waals surface area (Å²) in [5.41, 5.74) is 6.67. The molecule has 82 valence electrons. The van der Waals surface area contributed by atoms with Gasteiger partial charge in [-0.3, -0.25) is 9.48 Å². The second-order valence-electron chi connectivity index (χ2n) is 3.40. The number of benzene rings is 1. The number of carbonyl (C=O) groups is 1. The van der Waals surface area contributed by atoms with Gasteiger partial charge in [-0.1, -0.05) is 18.2 Å². The van der Waals surface area contributed by atoms with Gasteiger partial charge in [0.2, 0.25) is 0 Å². The molecule has 0 saturated carbocycles. The molecule has 1 amide bonds. The van der Waals surface area contributed by atoms with E-state index in [-0.39, 0.29) is 5.91 Å². The Kier molecular flexibility index (Phi) is 2.59. The van der Waals surface area contributed by atoms with Gasteiger partial charge in [0.15, 0.2) is 0 Å². The third kappa shape index (κ3) is 2.03. The molecule has 0 aliphatic carbocycles. The van der Waals surface area contributed by atoms with Crippen LogP contribution in [0.5, 0.6) is 0 Å². The minimum Gasteiger partial charge on any atom is -0.382 e. The first-order chi connectivity index (χ1) is 7.66. The van der Waals surface area contributed by atoms with Crippen molar-refractivity contribution < 1.29 is 4.79 Å². The molecule has 2 aromatic rings. The van der Waals surface area contributed by atoms with Gasteiger partial charge < -0.3 is 11.1 Å². The lowest BCUT2D eigenvalue weighted by molar-refractivity contribution is 0.101. The Morgan fingerprint density at radius 3 is 2.62 bits per heavy atom. The number of hydrogen-bond acceptors (Lipinski definition) is 3. The number of rotatable bonds is 2. The number of nitrogens with two attached hydrogens (primary N) is 1. The van der Waals surface area contributed by atoms with Gasteiger partial charge in [0.1, 0.15) is 11.5 Å². The van der Waals surface area contributed by atoms with Crippen LogP contribution in [0.15, 0.2) is 36.4 Å². The summed E-state index contributed by atoms with van der Waals surface area (Å²) in [7, 11) is 1.68. The smallest absolute Gasteiger partial charge is 0.274 e. The normalized spacial score (nSPS) is 10.1. The van der Waals surface area contributed by atoms with Crippen molar-refractivity contribution in [1.82, 2.24) is 9.78 Å². The van der Waals surface area contributed by atoms with Crippen molar-refractivity contribution in [2.75, 3.05) is 11.1 Å². The summed E-state index contributed by atoms with van der Waals surface area (Å²) in [6.45, 7) is 0. The lowest BCUT2D eigenvalue weighted by Gasteiger charge is -2.04. The molecule has 0 radical (unpaired) electrons. The fraction of sp³-hybridized carbons (Fsp3) is 0.0909. The van der Waals surface area contributed by atoms with E-state index in [1.807, 2.05) is 30.3 Å². The van der Waals surface area contributed by atoms with E-state index >= 15 is 0 Å². The van der Waals surface area contributed by atoms with E-state index in [9.17, 15) is 4.79 Å². The summed E-state index contributed by atoms with van der Waals surface area (Å²) < 4.78 is 1.45. The number of amides is 1. The van der Waals surface area contributed by atoms with Crippen LogP contribution in [0, 0.1) is 0 Å². The average molecular weight is 216 g/mol. The molecule has 5 heteroatoms. The van der Waals surface area contributed by atoms with E-state index in [0.717, 1.165) is 5.69 Å². The molecule has 0 aliphatic rings. The number of nitrogen functional groups attached to an aromatic ring is 1. The second-order valence-corrected chi connectivity index (χ2v) is 3.40. The van der Waals surface area contributed by atoms with Crippen molar-refractivity contribution in [3.05, 3.63) is 42.1 Å². The van der Waals surface area contributed by atoms with E-state index in [0.29, 0.717) is 11.5 Å². The molecule has 3 N–H and O–H groups in total. The lowest BCUT2D eigenvalue weighted by atomic mass is 10.3. The number of nitrogens with one attached hydrogen (secondary N) is 1. The molecule has 0 unspecified atom stereocenters. The van der Waals surface area contributed by atoms with Crippen molar-refractivity contribution in [2.45, 2.75) is 0 Å². The van der Waals surface area contributed by atoms with Gasteiger partial charge in [0, 0.05) is 18.8 Å². The van der Waals surface area contributed by atoms with Crippen molar-refractivity contribution >= 4 is 17.4 Å². The van der Waals surface area contributed by atoms with Crippen LogP contribution in [-0.4, -0.2) is 15.7 Å². The van der Waals surface area contributed by atoms with Crippen LogP contribution in [0.1, 0.15) is 10.5 Å². The van der Waals surface area contributed by atoms with Crippen molar-refractivity contribution in [2.24, 2.45) is 7.05 Å². The Balaban J connectivity index is 2.18. The second kappa shape index (κ2) is 4.06. The fourth-order valence-corrected chi connectivity index (χ4v) is 1.42. The highest BCUT2D eigenvalue weighted by Crippen LogP contribution is 2.09. The Bertz CT molecular complexity index is 504.